The molecule has 0 unspecified atom stereocenters. The van der Waals surface area contributed by atoms with Gasteiger partial charge in [0.25, 0.3) is 5.91 Å². The molecule has 0 saturated heterocycles. The molecule has 0 atom stereocenters. The van der Waals surface area contributed by atoms with Gasteiger partial charge in [-0.1, -0.05) is 16.0 Å². The highest BCUT2D eigenvalue weighted by molar-refractivity contribution is 7.81. The minimum absolute atomic E-state index is 0.154. The van der Waals surface area contributed by atoms with E-state index >= 15 is 0 Å². The molecular formula is C19H15FN2O5S. The van der Waals surface area contributed by atoms with E-state index in [1.54, 1.807) is 48.8 Å². The van der Waals surface area contributed by atoms with Crippen molar-refractivity contribution in [3.05, 3.63) is 84.2 Å². The van der Waals surface area contributed by atoms with Gasteiger partial charge in [0, 0.05) is 11.8 Å². The van der Waals surface area contributed by atoms with Crippen LogP contribution < -0.4 is 14.2 Å². The molecule has 1 N–H and O–H groups in total. The number of halogens is 1. The lowest BCUT2D eigenvalue weighted by molar-refractivity contribution is 0.102. The average Bonchev–Trinajstić information content (AvgIpc) is 2.67. The van der Waals surface area contributed by atoms with Crippen LogP contribution >= 0.6 is 0 Å². The first-order valence-electron chi connectivity index (χ1n) is 8.06. The Hall–Kier alpha value is -3.46. The number of pyridine rings is 1. The van der Waals surface area contributed by atoms with Crippen LogP contribution in [0.1, 0.15) is 15.9 Å². The van der Waals surface area contributed by atoms with Crippen molar-refractivity contribution in [2.75, 3.05) is 5.32 Å². The Morgan fingerprint density at radius 1 is 1.00 bits per heavy atom. The number of hydrogen-bond acceptors (Lipinski definition) is 6. The van der Waals surface area contributed by atoms with Gasteiger partial charge in [-0.05, 0) is 54.1 Å². The van der Waals surface area contributed by atoms with Crippen LogP contribution in [0.15, 0.2) is 73.1 Å². The quantitative estimate of drug-likeness (QED) is 0.608. The second kappa shape index (κ2) is 8.49. The lowest BCUT2D eigenvalue weighted by Gasteiger charge is -2.08. The topological polar surface area (TPSA) is 94.6 Å². The highest BCUT2D eigenvalue weighted by Crippen LogP contribution is 2.20. The monoisotopic (exact) mass is 402 g/mol. The van der Waals surface area contributed by atoms with Crippen molar-refractivity contribution in [2.45, 2.75) is 6.61 Å². The van der Waals surface area contributed by atoms with Crippen LogP contribution in [0.3, 0.4) is 0 Å². The molecule has 0 bridgehead atoms. The number of aromatic nitrogens is 1. The number of amides is 1. The minimum Gasteiger partial charge on any atom is -0.489 e. The van der Waals surface area contributed by atoms with Crippen LogP contribution in [0.2, 0.25) is 0 Å². The maximum absolute atomic E-state index is 12.4. The molecule has 0 fully saturated rings. The van der Waals surface area contributed by atoms with Gasteiger partial charge in [-0.25, -0.2) is 0 Å². The van der Waals surface area contributed by atoms with E-state index in [2.05, 4.69) is 14.5 Å². The summed E-state index contributed by atoms with van der Waals surface area (Å²) in [6.45, 7) is 0.228. The third-order valence-corrected chi connectivity index (χ3v) is 3.95. The molecule has 3 aromatic rings. The van der Waals surface area contributed by atoms with Crippen molar-refractivity contribution in [3.63, 3.8) is 0 Å². The number of carbonyl (C=O) groups excluding carboxylic acids is 1. The number of ether oxygens (including phenoxy) is 1. The van der Waals surface area contributed by atoms with Gasteiger partial charge in [-0.15, -0.1) is 0 Å². The van der Waals surface area contributed by atoms with Crippen molar-refractivity contribution in [1.82, 2.24) is 4.98 Å². The first-order chi connectivity index (χ1) is 13.4. The third-order valence-electron chi connectivity index (χ3n) is 3.56. The Kier molecular flexibility index (Phi) is 5.85. The number of carbonyl (C=O) groups is 1. The van der Waals surface area contributed by atoms with Gasteiger partial charge >= 0.3 is 10.5 Å². The van der Waals surface area contributed by atoms with Gasteiger partial charge in [0.15, 0.2) is 0 Å². The summed E-state index contributed by atoms with van der Waals surface area (Å²) in [6.07, 6.45) is 3.17. The molecule has 0 aliphatic heterocycles. The highest BCUT2D eigenvalue weighted by atomic mass is 32.3. The molecule has 28 heavy (non-hydrogen) atoms. The van der Waals surface area contributed by atoms with Crippen LogP contribution in [0.25, 0.3) is 0 Å². The number of nitrogens with one attached hydrogen (secondary N) is 1. The maximum Gasteiger partial charge on any atom is 0.488 e. The summed E-state index contributed by atoms with van der Waals surface area (Å²) in [6, 6.07) is 15.8. The van der Waals surface area contributed by atoms with Crippen molar-refractivity contribution < 1.29 is 26.0 Å². The summed E-state index contributed by atoms with van der Waals surface area (Å²) in [5, 5.41) is 2.74. The second-order valence-electron chi connectivity index (χ2n) is 5.63. The molecule has 0 aliphatic carbocycles. The predicted octanol–water partition coefficient (Wildman–Crippen LogP) is 3.51. The fourth-order valence-electron chi connectivity index (χ4n) is 2.27. The Bertz CT molecular complexity index is 1040. The normalized spacial score (nSPS) is 10.9. The molecule has 144 valence electrons. The number of anilines is 1. The lowest BCUT2D eigenvalue weighted by Crippen LogP contribution is -2.12. The first kappa shape index (κ1) is 19.3. The molecular weight excluding hydrogens is 387 g/mol. The van der Waals surface area contributed by atoms with E-state index in [0.29, 0.717) is 17.0 Å². The molecule has 1 amide bonds. The molecule has 3 rings (SSSR count). The first-order valence-corrected chi connectivity index (χ1v) is 9.37. The molecule has 2 aromatic carbocycles. The van der Waals surface area contributed by atoms with E-state index in [9.17, 15) is 17.1 Å². The van der Waals surface area contributed by atoms with Crippen LogP contribution in [-0.4, -0.2) is 19.3 Å². The molecule has 1 aromatic heterocycles. The van der Waals surface area contributed by atoms with Crippen LogP contribution in [0.4, 0.5) is 9.57 Å². The van der Waals surface area contributed by atoms with Crippen molar-refractivity contribution in [3.8, 4) is 11.5 Å². The lowest BCUT2D eigenvalue weighted by atomic mass is 10.1. The zero-order valence-corrected chi connectivity index (χ0v) is 15.2. The van der Waals surface area contributed by atoms with Gasteiger partial charge in [-0.2, -0.15) is 8.42 Å². The van der Waals surface area contributed by atoms with E-state index < -0.39 is 10.5 Å². The minimum atomic E-state index is -5.05. The van der Waals surface area contributed by atoms with Gasteiger partial charge in [0.1, 0.15) is 18.1 Å². The molecule has 0 radical (unpaired) electrons. The van der Waals surface area contributed by atoms with Gasteiger partial charge in [0.2, 0.25) is 0 Å². The van der Waals surface area contributed by atoms with E-state index in [1.165, 1.54) is 24.3 Å². The zero-order chi connectivity index (χ0) is 20.0. The van der Waals surface area contributed by atoms with Crippen LogP contribution in [-0.2, 0) is 17.1 Å². The third kappa shape index (κ3) is 5.78. The number of nitrogens with zero attached hydrogens (tertiary/aromatic N) is 1. The fourth-order valence-corrected chi connectivity index (χ4v) is 2.61. The van der Waals surface area contributed by atoms with E-state index in [0.717, 1.165) is 5.56 Å². The van der Waals surface area contributed by atoms with Crippen LogP contribution in [0, 0.1) is 0 Å². The molecule has 1 heterocycles. The second-order valence-corrected chi connectivity index (χ2v) is 6.58. The van der Waals surface area contributed by atoms with E-state index in [4.69, 9.17) is 4.74 Å². The van der Waals surface area contributed by atoms with Crippen molar-refractivity contribution in [2.24, 2.45) is 0 Å². The number of benzene rings is 2. The Balaban J connectivity index is 1.55. The SMILES string of the molecule is O=C(Nc1cccnc1)c1ccc(COc2ccc(OS(=O)(=O)F)cc2)cc1. The van der Waals surface area contributed by atoms with Gasteiger partial charge in [0.05, 0.1) is 11.9 Å². The van der Waals surface area contributed by atoms with E-state index in [1.807, 2.05) is 0 Å². The zero-order valence-electron chi connectivity index (χ0n) is 14.4. The summed E-state index contributed by atoms with van der Waals surface area (Å²) in [5.41, 5.74) is 1.92. The predicted molar refractivity (Wildman–Crippen MR) is 100 cm³/mol. The number of hydrogen-bond donors (Lipinski definition) is 1. The van der Waals surface area contributed by atoms with Crippen molar-refractivity contribution in [1.29, 1.82) is 0 Å². The Morgan fingerprint density at radius 3 is 2.29 bits per heavy atom. The van der Waals surface area contributed by atoms with E-state index in [-0.39, 0.29) is 18.3 Å². The molecule has 0 saturated carbocycles. The van der Waals surface area contributed by atoms with Crippen molar-refractivity contribution >= 4 is 22.1 Å². The summed E-state index contributed by atoms with van der Waals surface area (Å²) < 4.78 is 43.0. The smallest absolute Gasteiger partial charge is 0.488 e. The largest absolute Gasteiger partial charge is 0.489 e. The molecule has 7 nitrogen and oxygen atoms in total. The average molecular weight is 402 g/mol. The number of rotatable bonds is 7. The molecule has 9 heteroatoms. The maximum atomic E-state index is 12.4. The Morgan fingerprint density at radius 2 is 1.68 bits per heavy atom. The summed E-state index contributed by atoms with van der Waals surface area (Å²) >= 11 is 0. The highest BCUT2D eigenvalue weighted by Gasteiger charge is 2.09. The van der Waals surface area contributed by atoms with Crippen LogP contribution in [0.5, 0.6) is 11.5 Å². The molecule has 0 aliphatic rings. The standard InChI is InChI=1S/C19H15FN2O5S/c20-28(24,25)27-18-9-7-17(8-10-18)26-13-14-3-5-15(6-4-14)19(23)22-16-2-1-11-21-12-16/h1-12H,13H2,(H,22,23). The molecule has 0 spiro atoms. The fraction of sp³-hybridized carbons (Fsp3) is 0.0526. The summed E-state index contributed by atoms with van der Waals surface area (Å²) in [4.78, 5) is 16.1. The summed E-state index contributed by atoms with van der Waals surface area (Å²) in [7, 11) is -5.05. The Labute approximate surface area is 161 Å². The van der Waals surface area contributed by atoms with Gasteiger partial charge in [-0.3, -0.25) is 9.78 Å². The van der Waals surface area contributed by atoms with Gasteiger partial charge < -0.3 is 14.2 Å². The summed E-state index contributed by atoms with van der Waals surface area (Å²) in [5.74, 6) is 0.0414.